The summed E-state index contributed by atoms with van der Waals surface area (Å²) in [6.45, 7) is 1.96. The van der Waals surface area contributed by atoms with Crippen molar-refractivity contribution in [3.63, 3.8) is 0 Å². The summed E-state index contributed by atoms with van der Waals surface area (Å²) in [5.41, 5.74) is 1.53. The fraction of sp³-hybridized carbons (Fsp3) is 0.188. The second-order valence-electron chi connectivity index (χ2n) is 4.35. The molecule has 0 saturated heterocycles. The lowest BCUT2D eigenvalue weighted by atomic mass is 10.2. The number of ether oxygens (including phenoxy) is 1. The number of phenols is 1. The normalized spacial score (nSPS) is 10.1. The van der Waals surface area contributed by atoms with E-state index in [9.17, 15) is 9.90 Å². The van der Waals surface area contributed by atoms with Crippen molar-refractivity contribution < 1.29 is 14.6 Å². The molecule has 0 spiro atoms. The maximum absolute atomic E-state index is 11.7. The van der Waals surface area contributed by atoms with Crippen molar-refractivity contribution in [2.24, 2.45) is 0 Å². The van der Waals surface area contributed by atoms with E-state index < -0.39 is 0 Å². The third-order valence-corrected chi connectivity index (χ3v) is 2.85. The lowest BCUT2D eigenvalue weighted by Crippen LogP contribution is -2.20. The number of amides is 1. The van der Waals surface area contributed by atoms with E-state index in [4.69, 9.17) is 4.74 Å². The molecule has 0 aliphatic rings. The number of carbonyl (C=O) groups is 1. The maximum atomic E-state index is 11.7. The van der Waals surface area contributed by atoms with Crippen LogP contribution in [0.3, 0.4) is 0 Å². The summed E-state index contributed by atoms with van der Waals surface area (Å²) in [4.78, 5) is 11.7. The number of aryl methyl sites for hydroxylation is 1. The Labute approximate surface area is 118 Å². The van der Waals surface area contributed by atoms with Gasteiger partial charge in [-0.2, -0.15) is 0 Å². The summed E-state index contributed by atoms with van der Waals surface area (Å²) in [5.74, 6) is 0.388. The fourth-order valence-electron chi connectivity index (χ4n) is 1.77. The van der Waals surface area contributed by atoms with Gasteiger partial charge in [-0.15, -0.1) is 0 Å². The highest BCUT2D eigenvalue weighted by molar-refractivity contribution is 5.93. The van der Waals surface area contributed by atoms with Crippen LogP contribution in [0.2, 0.25) is 0 Å². The van der Waals surface area contributed by atoms with Crippen LogP contribution in [0.25, 0.3) is 0 Å². The van der Waals surface area contributed by atoms with Crippen molar-refractivity contribution in [3.8, 4) is 11.5 Å². The Balaban J connectivity index is 1.90. The Hall–Kier alpha value is -2.49. The van der Waals surface area contributed by atoms with E-state index >= 15 is 0 Å². The molecule has 0 radical (unpaired) electrons. The van der Waals surface area contributed by atoms with Gasteiger partial charge in [-0.1, -0.05) is 31.2 Å². The lowest BCUT2D eigenvalue weighted by molar-refractivity contribution is -0.118. The summed E-state index contributed by atoms with van der Waals surface area (Å²) in [6.07, 6.45) is 0.918. The summed E-state index contributed by atoms with van der Waals surface area (Å²) in [7, 11) is 0. The number of hydrogen-bond donors (Lipinski definition) is 2. The Morgan fingerprint density at radius 2 is 2.00 bits per heavy atom. The summed E-state index contributed by atoms with van der Waals surface area (Å²) < 4.78 is 5.43. The van der Waals surface area contributed by atoms with Gasteiger partial charge in [-0.05, 0) is 36.2 Å². The average Bonchev–Trinajstić information content (AvgIpc) is 2.48. The molecule has 2 aromatic rings. The van der Waals surface area contributed by atoms with Gasteiger partial charge in [0.05, 0.1) is 5.69 Å². The predicted octanol–water partition coefficient (Wildman–Crippen LogP) is 2.97. The number of para-hydroxylation sites is 2. The minimum atomic E-state index is -0.312. The molecule has 2 rings (SSSR count). The zero-order chi connectivity index (χ0) is 14.4. The van der Waals surface area contributed by atoms with Gasteiger partial charge in [-0.3, -0.25) is 4.79 Å². The molecule has 0 aliphatic heterocycles. The first-order valence-corrected chi connectivity index (χ1v) is 6.48. The second-order valence-corrected chi connectivity index (χ2v) is 4.35. The largest absolute Gasteiger partial charge is 0.506 e. The van der Waals surface area contributed by atoms with E-state index in [1.165, 1.54) is 6.07 Å². The molecular formula is C16H17NO3. The summed E-state index contributed by atoms with van der Waals surface area (Å²) in [6, 6.07) is 14.2. The number of anilines is 1. The first-order chi connectivity index (χ1) is 9.69. The minimum absolute atomic E-state index is 0.0360. The van der Waals surface area contributed by atoms with Crippen LogP contribution in [0, 0.1) is 0 Å². The molecule has 0 fully saturated rings. The summed E-state index contributed by atoms with van der Waals surface area (Å²) >= 11 is 0. The molecule has 2 N–H and O–H groups in total. The highest BCUT2D eigenvalue weighted by atomic mass is 16.5. The Morgan fingerprint density at radius 1 is 1.20 bits per heavy atom. The minimum Gasteiger partial charge on any atom is -0.506 e. The van der Waals surface area contributed by atoms with Crippen LogP contribution < -0.4 is 10.1 Å². The molecule has 0 heterocycles. The molecule has 0 aliphatic carbocycles. The van der Waals surface area contributed by atoms with Gasteiger partial charge in [0.1, 0.15) is 11.5 Å². The van der Waals surface area contributed by atoms with Crippen LogP contribution >= 0.6 is 0 Å². The van der Waals surface area contributed by atoms with Gasteiger partial charge in [0.15, 0.2) is 6.61 Å². The van der Waals surface area contributed by atoms with Crippen LogP contribution in [0.15, 0.2) is 48.5 Å². The monoisotopic (exact) mass is 271 g/mol. The van der Waals surface area contributed by atoms with Crippen molar-refractivity contribution in [2.45, 2.75) is 13.3 Å². The highest BCUT2D eigenvalue weighted by Gasteiger charge is 2.06. The molecule has 1 amide bonds. The van der Waals surface area contributed by atoms with Crippen molar-refractivity contribution in [2.75, 3.05) is 11.9 Å². The van der Waals surface area contributed by atoms with E-state index in [0.29, 0.717) is 11.4 Å². The van der Waals surface area contributed by atoms with Crippen molar-refractivity contribution in [1.29, 1.82) is 0 Å². The van der Waals surface area contributed by atoms with Gasteiger partial charge in [-0.25, -0.2) is 0 Å². The maximum Gasteiger partial charge on any atom is 0.262 e. The highest BCUT2D eigenvalue weighted by Crippen LogP contribution is 2.21. The standard InChI is InChI=1S/C16H17NO3/c1-2-12-6-5-7-13(10-12)20-11-16(19)17-14-8-3-4-9-15(14)18/h3-10,18H,2,11H2,1H3,(H,17,19). The number of rotatable bonds is 5. The Morgan fingerprint density at radius 3 is 2.75 bits per heavy atom. The molecule has 0 saturated carbocycles. The van der Waals surface area contributed by atoms with E-state index in [2.05, 4.69) is 12.2 Å². The molecular weight excluding hydrogens is 254 g/mol. The number of benzene rings is 2. The first kappa shape index (κ1) is 13.9. The number of phenolic OH excluding ortho intramolecular Hbond substituents is 1. The Bertz CT molecular complexity index is 596. The van der Waals surface area contributed by atoms with Gasteiger partial charge in [0.25, 0.3) is 5.91 Å². The second kappa shape index (κ2) is 6.61. The Kier molecular flexibility index (Phi) is 4.60. The number of aromatic hydroxyl groups is 1. The topological polar surface area (TPSA) is 58.6 Å². The van der Waals surface area contributed by atoms with Gasteiger partial charge in [0, 0.05) is 0 Å². The van der Waals surface area contributed by atoms with Crippen molar-refractivity contribution in [1.82, 2.24) is 0 Å². The predicted molar refractivity (Wildman–Crippen MR) is 78.1 cm³/mol. The fourth-order valence-corrected chi connectivity index (χ4v) is 1.77. The zero-order valence-corrected chi connectivity index (χ0v) is 11.3. The molecule has 4 heteroatoms. The first-order valence-electron chi connectivity index (χ1n) is 6.48. The number of hydrogen-bond acceptors (Lipinski definition) is 3. The molecule has 20 heavy (non-hydrogen) atoms. The van der Waals surface area contributed by atoms with E-state index in [-0.39, 0.29) is 18.3 Å². The van der Waals surface area contributed by atoms with Gasteiger partial charge in [0.2, 0.25) is 0 Å². The van der Waals surface area contributed by atoms with Crippen molar-refractivity contribution >= 4 is 11.6 Å². The molecule has 104 valence electrons. The average molecular weight is 271 g/mol. The number of nitrogens with one attached hydrogen (secondary N) is 1. The van der Waals surface area contributed by atoms with Crippen LogP contribution in [0.4, 0.5) is 5.69 Å². The van der Waals surface area contributed by atoms with Gasteiger partial charge >= 0.3 is 0 Å². The van der Waals surface area contributed by atoms with E-state index in [1.54, 1.807) is 18.2 Å². The number of carbonyl (C=O) groups excluding carboxylic acids is 1. The molecule has 0 unspecified atom stereocenters. The molecule has 4 nitrogen and oxygen atoms in total. The molecule has 0 aromatic heterocycles. The summed E-state index contributed by atoms with van der Waals surface area (Å²) in [5, 5.41) is 12.2. The van der Waals surface area contributed by atoms with Crippen LogP contribution in [-0.4, -0.2) is 17.6 Å². The van der Waals surface area contributed by atoms with Crippen LogP contribution in [-0.2, 0) is 11.2 Å². The van der Waals surface area contributed by atoms with E-state index in [1.807, 2.05) is 24.3 Å². The third-order valence-electron chi connectivity index (χ3n) is 2.85. The molecule has 2 aromatic carbocycles. The smallest absolute Gasteiger partial charge is 0.262 e. The third kappa shape index (κ3) is 3.75. The molecule has 0 bridgehead atoms. The van der Waals surface area contributed by atoms with E-state index in [0.717, 1.165) is 12.0 Å². The van der Waals surface area contributed by atoms with Crippen molar-refractivity contribution in [3.05, 3.63) is 54.1 Å². The van der Waals surface area contributed by atoms with Crippen LogP contribution in [0.1, 0.15) is 12.5 Å². The van der Waals surface area contributed by atoms with Gasteiger partial charge < -0.3 is 15.2 Å². The van der Waals surface area contributed by atoms with Crippen LogP contribution in [0.5, 0.6) is 11.5 Å². The lowest BCUT2D eigenvalue weighted by Gasteiger charge is -2.09. The molecule has 0 atom stereocenters. The quantitative estimate of drug-likeness (QED) is 0.822. The zero-order valence-electron chi connectivity index (χ0n) is 11.3. The SMILES string of the molecule is CCc1cccc(OCC(=O)Nc2ccccc2O)c1.